The molecule has 1 fully saturated rings. The highest BCUT2D eigenvalue weighted by Crippen LogP contribution is 2.26. The fourth-order valence-electron chi connectivity index (χ4n) is 9.62. The molecule has 1 heterocycles. The number of allylic oxidation sites excluding steroid dienone is 13. The summed E-state index contributed by atoms with van der Waals surface area (Å²) in [4.78, 5) is 26.5. The molecule has 0 saturated carbocycles. The number of hydrogen-bond acceptors (Lipinski definition) is 10. The number of esters is 1. The van der Waals surface area contributed by atoms with Gasteiger partial charge in [0.05, 0.1) is 25.4 Å². The molecule has 1 rings (SSSR count). The maximum atomic E-state index is 13.4. The molecule has 8 atom stereocenters. The highest BCUT2D eigenvalue weighted by atomic mass is 16.7. The normalized spacial score (nSPS) is 19.4. The van der Waals surface area contributed by atoms with Crippen LogP contribution in [0.1, 0.15) is 271 Å². The Hall–Kier alpha value is -3.16. The minimum atomic E-state index is -1.64. The van der Waals surface area contributed by atoms with Crippen LogP contribution in [-0.4, -0.2) is 99.6 Å². The summed E-state index contributed by atoms with van der Waals surface area (Å²) in [7, 11) is 0. The molecule has 6 N–H and O–H groups in total. The molecule has 1 aliphatic rings. The molecule has 8 unspecified atom stereocenters. The Kier molecular flexibility index (Phi) is 51.8. The quantitative estimate of drug-likeness (QED) is 0.0195. The van der Waals surface area contributed by atoms with Gasteiger partial charge in [-0.3, -0.25) is 9.59 Å². The van der Waals surface area contributed by atoms with Gasteiger partial charge in [-0.25, -0.2) is 0 Å². The fraction of sp³-hybridized carbons (Fsp3) is 0.765. The van der Waals surface area contributed by atoms with Gasteiger partial charge >= 0.3 is 5.97 Å². The summed E-state index contributed by atoms with van der Waals surface area (Å²) in [5.41, 5.74) is 0. The summed E-state index contributed by atoms with van der Waals surface area (Å²) >= 11 is 0. The lowest BCUT2D eigenvalue weighted by molar-refractivity contribution is -0.305. The average Bonchev–Trinajstić information content (AvgIpc) is 3.47. The number of aliphatic hydroxyl groups is 5. The van der Waals surface area contributed by atoms with Gasteiger partial charge in [0.2, 0.25) is 5.91 Å². The van der Waals surface area contributed by atoms with Gasteiger partial charge in [-0.05, 0) is 96.3 Å². The Morgan fingerprint density at radius 1 is 0.494 bits per heavy atom. The Morgan fingerprint density at radius 3 is 1.33 bits per heavy atom. The Labute approximate surface area is 483 Å². The summed E-state index contributed by atoms with van der Waals surface area (Å²) in [5, 5.41) is 57.0. The van der Waals surface area contributed by atoms with Crippen molar-refractivity contribution in [2.75, 3.05) is 13.2 Å². The van der Waals surface area contributed by atoms with Crippen LogP contribution >= 0.6 is 0 Å². The number of hydrogen-bond donors (Lipinski definition) is 6. The number of amides is 1. The molecule has 1 saturated heterocycles. The van der Waals surface area contributed by atoms with Crippen molar-refractivity contribution in [1.29, 1.82) is 0 Å². The van der Waals surface area contributed by atoms with Crippen LogP contribution in [0.3, 0.4) is 0 Å². The molecule has 0 bridgehead atoms. The zero-order valence-electron chi connectivity index (χ0n) is 50.5. The van der Waals surface area contributed by atoms with Crippen LogP contribution in [-0.2, 0) is 23.8 Å². The lowest BCUT2D eigenvalue weighted by atomic mass is 9.99. The first-order valence-electron chi connectivity index (χ1n) is 32.4. The molecule has 79 heavy (non-hydrogen) atoms. The molecule has 1 aliphatic heterocycles. The molecule has 1 amide bonds. The first-order chi connectivity index (χ1) is 38.7. The van der Waals surface area contributed by atoms with Crippen molar-refractivity contribution in [2.24, 2.45) is 0 Å². The van der Waals surface area contributed by atoms with Crippen molar-refractivity contribution in [2.45, 2.75) is 320 Å². The van der Waals surface area contributed by atoms with E-state index in [9.17, 15) is 35.1 Å². The van der Waals surface area contributed by atoms with Crippen molar-refractivity contribution in [3.8, 4) is 0 Å². The molecule has 0 aromatic rings. The molecule has 0 radical (unpaired) electrons. The Morgan fingerprint density at radius 2 is 0.873 bits per heavy atom. The monoisotopic (exact) mass is 1110 g/mol. The van der Waals surface area contributed by atoms with Crippen LogP contribution in [0, 0.1) is 0 Å². The number of rotatable bonds is 54. The molecule has 11 heteroatoms. The largest absolute Gasteiger partial charge is 0.454 e. The number of carbonyl (C=O) groups is 2. The maximum Gasteiger partial charge on any atom is 0.306 e. The molecule has 0 spiro atoms. The smallest absolute Gasteiger partial charge is 0.306 e. The Balaban J connectivity index is 2.65. The van der Waals surface area contributed by atoms with E-state index in [1.54, 1.807) is 6.08 Å². The van der Waals surface area contributed by atoms with Crippen molar-refractivity contribution in [1.82, 2.24) is 5.32 Å². The van der Waals surface area contributed by atoms with Gasteiger partial charge in [-0.1, -0.05) is 254 Å². The molecule has 456 valence electrons. The van der Waals surface area contributed by atoms with Gasteiger partial charge in [-0.15, -0.1) is 0 Å². The van der Waals surface area contributed by atoms with E-state index in [2.05, 4.69) is 92.9 Å². The fourth-order valence-corrected chi connectivity index (χ4v) is 9.62. The second kappa shape index (κ2) is 55.4. The van der Waals surface area contributed by atoms with Crippen LogP contribution in [0.25, 0.3) is 0 Å². The molecule has 0 aromatic carbocycles. The van der Waals surface area contributed by atoms with Crippen molar-refractivity contribution >= 4 is 11.9 Å². The van der Waals surface area contributed by atoms with Gasteiger partial charge in [-0.2, -0.15) is 0 Å². The van der Waals surface area contributed by atoms with Crippen LogP contribution in [0.4, 0.5) is 0 Å². The van der Waals surface area contributed by atoms with Gasteiger partial charge < -0.3 is 45.1 Å². The van der Waals surface area contributed by atoms with E-state index in [0.717, 1.165) is 77.0 Å². The summed E-state index contributed by atoms with van der Waals surface area (Å²) in [6.07, 6.45) is 62.0. The minimum Gasteiger partial charge on any atom is -0.454 e. The van der Waals surface area contributed by atoms with Crippen LogP contribution in [0.2, 0.25) is 0 Å². The van der Waals surface area contributed by atoms with E-state index in [-0.39, 0.29) is 19.4 Å². The van der Waals surface area contributed by atoms with Crippen molar-refractivity contribution in [3.63, 3.8) is 0 Å². The molecular weight excluding hydrogens is 991 g/mol. The summed E-state index contributed by atoms with van der Waals surface area (Å²) in [5.74, 6) is -1.26. The number of aliphatic hydroxyl groups excluding tert-OH is 5. The van der Waals surface area contributed by atoms with E-state index in [0.29, 0.717) is 19.3 Å². The van der Waals surface area contributed by atoms with E-state index >= 15 is 0 Å². The highest BCUT2D eigenvalue weighted by molar-refractivity contribution is 5.80. The molecular formula is C68H119NO10. The van der Waals surface area contributed by atoms with Crippen LogP contribution in [0.5, 0.6) is 0 Å². The third kappa shape index (κ3) is 43.2. The van der Waals surface area contributed by atoms with Gasteiger partial charge in [0.15, 0.2) is 12.4 Å². The van der Waals surface area contributed by atoms with E-state index in [1.807, 2.05) is 12.2 Å². The SMILES string of the molecule is CCCCC/C=C\C/C=C\C/C=C\C/C=C\CCCC(=O)OC1C(OCC(NC(=O)C(O)CCCCCCCCCCCCCC/C=C\C/C=C\CCCCC)C(O)/C=C/CCCCCCCCCCC)OC(CO)C(O)C1O. The molecule has 0 aliphatic carbocycles. The van der Waals surface area contributed by atoms with Gasteiger partial charge in [0.1, 0.15) is 24.4 Å². The van der Waals surface area contributed by atoms with Crippen molar-refractivity contribution < 1.29 is 49.3 Å². The van der Waals surface area contributed by atoms with Gasteiger partial charge in [0.25, 0.3) is 0 Å². The number of carbonyl (C=O) groups excluding carboxylic acids is 2. The zero-order valence-corrected chi connectivity index (χ0v) is 50.5. The van der Waals surface area contributed by atoms with E-state index in [4.69, 9.17) is 14.2 Å². The topological polar surface area (TPSA) is 175 Å². The third-order valence-corrected chi connectivity index (χ3v) is 14.8. The predicted molar refractivity (Wildman–Crippen MR) is 329 cm³/mol. The number of ether oxygens (including phenoxy) is 3. The van der Waals surface area contributed by atoms with Gasteiger partial charge in [0, 0.05) is 6.42 Å². The Bertz CT molecular complexity index is 1610. The maximum absolute atomic E-state index is 13.4. The van der Waals surface area contributed by atoms with E-state index < -0.39 is 67.4 Å². The zero-order chi connectivity index (χ0) is 57.5. The van der Waals surface area contributed by atoms with Crippen LogP contribution < -0.4 is 5.32 Å². The first-order valence-corrected chi connectivity index (χ1v) is 32.4. The van der Waals surface area contributed by atoms with Crippen LogP contribution in [0.15, 0.2) is 85.1 Å². The van der Waals surface area contributed by atoms with E-state index in [1.165, 1.54) is 141 Å². The molecule has 11 nitrogen and oxygen atoms in total. The second-order valence-electron chi connectivity index (χ2n) is 22.1. The summed E-state index contributed by atoms with van der Waals surface area (Å²) in [6.45, 7) is 5.71. The first kappa shape index (κ1) is 73.9. The summed E-state index contributed by atoms with van der Waals surface area (Å²) in [6, 6.07) is -1.04. The second-order valence-corrected chi connectivity index (χ2v) is 22.1. The number of unbranched alkanes of at least 4 members (excludes halogenated alkanes) is 28. The number of nitrogens with one attached hydrogen (secondary N) is 1. The lowest BCUT2D eigenvalue weighted by Crippen LogP contribution is -2.61. The predicted octanol–water partition coefficient (Wildman–Crippen LogP) is 15.7. The lowest BCUT2D eigenvalue weighted by Gasteiger charge is -2.41. The molecule has 0 aromatic heterocycles. The van der Waals surface area contributed by atoms with Crippen molar-refractivity contribution in [3.05, 3.63) is 85.1 Å². The highest BCUT2D eigenvalue weighted by Gasteiger charge is 2.47. The average molecular weight is 1110 g/mol. The summed E-state index contributed by atoms with van der Waals surface area (Å²) < 4.78 is 17.6. The third-order valence-electron chi connectivity index (χ3n) is 14.8. The minimum absolute atomic E-state index is 0.0452. The standard InChI is InChI=1S/C68H119NO10/c1-4-7-10-13-16-19-22-24-26-28-29-30-31-32-34-35-37-40-43-46-49-52-55-61(72)67(76)69-59(60(71)54-51-48-45-42-39-21-18-15-12-9-6-3)58-77-68-66(65(75)64(74)62(57-70)78-68)79-63(73)56-53-50-47-44-41-38-36-33-27-25-23-20-17-14-11-8-5-2/h16-17,19-20,24-27,36,38,44,47,51,54,59-62,64-66,68,70-72,74-75H,4-15,18,21-23,28-35,37,39-43,45-46,48-50,52-53,55-58H2,1-3H3,(H,69,76)/b19-16-,20-17-,26-24-,27-25-,38-36-,47-44-,54-51+.